The third-order valence-corrected chi connectivity index (χ3v) is 4.20. The zero-order valence-corrected chi connectivity index (χ0v) is 14.2. The molecule has 0 aromatic heterocycles. The Morgan fingerprint density at radius 1 is 1.32 bits per heavy atom. The first kappa shape index (κ1) is 16.8. The molecule has 0 unspecified atom stereocenters. The van der Waals surface area contributed by atoms with Crippen LogP contribution in [0.15, 0.2) is 18.2 Å². The molecule has 1 amide bonds. The molecule has 2 atom stereocenters. The lowest BCUT2D eigenvalue weighted by atomic mass is 9.89. The summed E-state index contributed by atoms with van der Waals surface area (Å²) >= 11 is 0. The van der Waals surface area contributed by atoms with Crippen LogP contribution in [0.1, 0.15) is 49.8 Å². The van der Waals surface area contributed by atoms with Gasteiger partial charge in [-0.05, 0) is 57.7 Å². The van der Waals surface area contributed by atoms with Crippen LogP contribution < -0.4 is 0 Å². The van der Waals surface area contributed by atoms with E-state index in [9.17, 15) is 9.90 Å². The quantitative estimate of drug-likeness (QED) is 0.911. The van der Waals surface area contributed by atoms with Crippen LogP contribution in [0.3, 0.4) is 0 Å². The Morgan fingerprint density at radius 2 is 1.91 bits per heavy atom. The van der Waals surface area contributed by atoms with E-state index in [-0.39, 0.29) is 24.7 Å². The van der Waals surface area contributed by atoms with Gasteiger partial charge in [-0.15, -0.1) is 0 Å². The molecular formula is C18H27NO3. The molecule has 22 heavy (non-hydrogen) atoms. The third-order valence-electron chi connectivity index (χ3n) is 4.20. The van der Waals surface area contributed by atoms with Crippen LogP contribution in [-0.4, -0.2) is 40.9 Å². The Labute approximate surface area is 133 Å². The predicted molar refractivity (Wildman–Crippen MR) is 87.1 cm³/mol. The van der Waals surface area contributed by atoms with E-state index in [1.807, 2.05) is 20.8 Å². The number of aryl methyl sites for hydroxylation is 2. The SMILES string of the molecule is Cc1cccc(C)c1[C@@H]1C[C@@H](CO)N(C(=O)OC(C)(C)C)C1. The van der Waals surface area contributed by atoms with Gasteiger partial charge in [0.05, 0.1) is 12.6 Å². The fourth-order valence-electron chi connectivity index (χ4n) is 3.31. The molecule has 1 N–H and O–H groups in total. The average molecular weight is 305 g/mol. The monoisotopic (exact) mass is 305 g/mol. The van der Waals surface area contributed by atoms with Gasteiger partial charge in [0.1, 0.15) is 5.60 Å². The van der Waals surface area contributed by atoms with Crippen molar-refractivity contribution in [3.05, 3.63) is 34.9 Å². The highest BCUT2D eigenvalue weighted by Gasteiger charge is 2.38. The number of aliphatic hydroxyl groups excluding tert-OH is 1. The Kier molecular flexibility index (Phi) is 4.81. The van der Waals surface area contributed by atoms with E-state index in [0.29, 0.717) is 6.54 Å². The fraction of sp³-hybridized carbons (Fsp3) is 0.611. The Bertz CT molecular complexity index is 528. The summed E-state index contributed by atoms with van der Waals surface area (Å²) in [6.45, 7) is 10.4. The molecule has 4 nitrogen and oxygen atoms in total. The maximum absolute atomic E-state index is 12.4. The average Bonchev–Trinajstić information content (AvgIpc) is 2.80. The van der Waals surface area contributed by atoms with E-state index in [1.165, 1.54) is 16.7 Å². The molecule has 1 aromatic rings. The number of rotatable bonds is 2. The summed E-state index contributed by atoms with van der Waals surface area (Å²) in [6, 6.07) is 6.09. The zero-order chi connectivity index (χ0) is 16.5. The largest absolute Gasteiger partial charge is 0.444 e. The summed E-state index contributed by atoms with van der Waals surface area (Å²) in [5.74, 6) is 0.255. The minimum absolute atomic E-state index is 0.0271. The number of hydrogen-bond donors (Lipinski definition) is 1. The molecule has 1 aromatic carbocycles. The minimum Gasteiger partial charge on any atom is -0.444 e. The van der Waals surface area contributed by atoms with Gasteiger partial charge < -0.3 is 14.7 Å². The van der Waals surface area contributed by atoms with Gasteiger partial charge in [-0.3, -0.25) is 0 Å². The summed E-state index contributed by atoms with van der Waals surface area (Å²) < 4.78 is 5.47. The van der Waals surface area contributed by atoms with E-state index >= 15 is 0 Å². The second-order valence-electron chi connectivity index (χ2n) is 7.21. The van der Waals surface area contributed by atoms with Crippen molar-refractivity contribution in [1.82, 2.24) is 4.90 Å². The topological polar surface area (TPSA) is 49.8 Å². The van der Waals surface area contributed by atoms with Crippen molar-refractivity contribution in [2.75, 3.05) is 13.2 Å². The number of carbonyl (C=O) groups is 1. The summed E-state index contributed by atoms with van der Waals surface area (Å²) in [5.41, 5.74) is 3.26. The molecule has 0 saturated carbocycles. The molecule has 0 bridgehead atoms. The molecule has 1 saturated heterocycles. The van der Waals surface area contributed by atoms with E-state index in [0.717, 1.165) is 6.42 Å². The first-order valence-corrected chi connectivity index (χ1v) is 7.89. The minimum atomic E-state index is -0.520. The van der Waals surface area contributed by atoms with Crippen LogP contribution in [0, 0.1) is 13.8 Å². The second-order valence-corrected chi connectivity index (χ2v) is 7.21. The highest BCUT2D eigenvalue weighted by molar-refractivity contribution is 5.69. The maximum Gasteiger partial charge on any atom is 0.410 e. The number of benzene rings is 1. The smallest absolute Gasteiger partial charge is 0.410 e. The van der Waals surface area contributed by atoms with Crippen LogP contribution in [-0.2, 0) is 4.74 Å². The van der Waals surface area contributed by atoms with Crippen molar-refractivity contribution in [2.24, 2.45) is 0 Å². The van der Waals surface area contributed by atoms with E-state index < -0.39 is 5.60 Å². The zero-order valence-electron chi connectivity index (χ0n) is 14.2. The lowest BCUT2D eigenvalue weighted by Crippen LogP contribution is -2.41. The number of carbonyl (C=O) groups excluding carboxylic acids is 1. The summed E-state index contributed by atoms with van der Waals surface area (Å²) in [6.07, 6.45) is 0.446. The Hall–Kier alpha value is -1.55. The molecule has 1 heterocycles. The standard InChI is InChI=1S/C18H27NO3/c1-12-7-6-8-13(2)16(12)14-9-15(11-20)19(10-14)17(21)22-18(3,4)5/h6-8,14-15,20H,9-11H2,1-5H3/t14-,15+/m1/s1. The van der Waals surface area contributed by atoms with Gasteiger partial charge in [0, 0.05) is 12.5 Å². The first-order chi connectivity index (χ1) is 10.2. The first-order valence-electron chi connectivity index (χ1n) is 7.89. The number of hydrogen-bond acceptors (Lipinski definition) is 3. The molecule has 1 aliphatic heterocycles. The van der Waals surface area contributed by atoms with Gasteiger partial charge in [0.25, 0.3) is 0 Å². The van der Waals surface area contributed by atoms with Crippen molar-refractivity contribution >= 4 is 6.09 Å². The van der Waals surface area contributed by atoms with Crippen molar-refractivity contribution in [2.45, 2.75) is 58.6 Å². The Balaban J connectivity index is 2.21. The lowest BCUT2D eigenvalue weighted by Gasteiger charge is -2.27. The molecule has 2 rings (SSSR count). The molecule has 1 aliphatic rings. The number of amides is 1. The summed E-state index contributed by atoms with van der Waals surface area (Å²) in [5, 5.41) is 9.64. The second kappa shape index (κ2) is 6.29. The van der Waals surface area contributed by atoms with Gasteiger partial charge in [-0.2, -0.15) is 0 Å². The summed E-state index contributed by atoms with van der Waals surface area (Å²) in [7, 11) is 0. The molecule has 4 heteroatoms. The molecule has 1 fully saturated rings. The van der Waals surface area contributed by atoms with Gasteiger partial charge in [0.2, 0.25) is 0 Å². The lowest BCUT2D eigenvalue weighted by molar-refractivity contribution is 0.0174. The molecule has 122 valence electrons. The number of likely N-dealkylation sites (tertiary alicyclic amines) is 1. The van der Waals surface area contributed by atoms with Crippen molar-refractivity contribution in [3.8, 4) is 0 Å². The highest BCUT2D eigenvalue weighted by Crippen LogP contribution is 2.35. The molecule has 0 spiro atoms. The van der Waals surface area contributed by atoms with Crippen LogP contribution in [0.5, 0.6) is 0 Å². The van der Waals surface area contributed by atoms with Gasteiger partial charge in [-0.1, -0.05) is 18.2 Å². The van der Waals surface area contributed by atoms with Crippen LogP contribution in [0.25, 0.3) is 0 Å². The van der Waals surface area contributed by atoms with E-state index in [2.05, 4.69) is 32.0 Å². The van der Waals surface area contributed by atoms with E-state index in [4.69, 9.17) is 4.74 Å². The third kappa shape index (κ3) is 3.61. The summed E-state index contributed by atoms with van der Waals surface area (Å²) in [4.78, 5) is 14.1. The molecular weight excluding hydrogens is 278 g/mol. The maximum atomic E-state index is 12.4. The fourth-order valence-corrected chi connectivity index (χ4v) is 3.31. The van der Waals surface area contributed by atoms with Crippen molar-refractivity contribution in [3.63, 3.8) is 0 Å². The van der Waals surface area contributed by atoms with Crippen molar-refractivity contribution in [1.29, 1.82) is 0 Å². The Morgan fingerprint density at radius 3 is 2.41 bits per heavy atom. The highest BCUT2D eigenvalue weighted by atomic mass is 16.6. The van der Waals surface area contributed by atoms with Crippen LogP contribution in [0.4, 0.5) is 4.79 Å². The van der Waals surface area contributed by atoms with Crippen LogP contribution >= 0.6 is 0 Å². The van der Waals surface area contributed by atoms with Crippen molar-refractivity contribution < 1.29 is 14.6 Å². The number of aliphatic hydroxyl groups is 1. The number of nitrogens with zero attached hydrogens (tertiary/aromatic N) is 1. The van der Waals surface area contributed by atoms with Gasteiger partial charge in [0.15, 0.2) is 0 Å². The van der Waals surface area contributed by atoms with Crippen LogP contribution in [0.2, 0.25) is 0 Å². The van der Waals surface area contributed by atoms with E-state index in [1.54, 1.807) is 4.90 Å². The predicted octanol–water partition coefficient (Wildman–Crippen LogP) is 3.39. The number of ether oxygens (including phenoxy) is 1. The van der Waals surface area contributed by atoms with Gasteiger partial charge >= 0.3 is 6.09 Å². The van der Waals surface area contributed by atoms with Gasteiger partial charge in [-0.25, -0.2) is 4.79 Å². The molecule has 0 aliphatic carbocycles. The normalized spacial score (nSPS) is 22.0. The molecule has 0 radical (unpaired) electrons.